The Bertz CT molecular complexity index is 970. The lowest BCUT2D eigenvalue weighted by Gasteiger charge is -2.57. The summed E-state index contributed by atoms with van der Waals surface area (Å²) in [6.45, 7) is 15.7. The molecule has 0 amide bonds. The number of hydrogen-bond acceptors (Lipinski definition) is 4. The van der Waals surface area contributed by atoms with Gasteiger partial charge in [-0.1, -0.05) is 27.7 Å². The van der Waals surface area contributed by atoms with Gasteiger partial charge in [0.15, 0.2) is 8.32 Å². The predicted octanol–water partition coefficient (Wildman–Crippen LogP) is 7.78. The Morgan fingerprint density at radius 3 is 2.20 bits per heavy atom. The summed E-state index contributed by atoms with van der Waals surface area (Å²) in [6.07, 6.45) is 9.27. The van der Waals surface area contributed by atoms with Crippen LogP contribution in [0.15, 0.2) is 11.8 Å². The molecule has 0 heterocycles. The third-order valence-electron chi connectivity index (χ3n) is 10.5. The van der Waals surface area contributed by atoms with Crippen LogP contribution < -0.4 is 0 Å². The smallest absolute Gasteiger partial charge is 0.412 e. The van der Waals surface area contributed by atoms with Crippen LogP contribution in [0.1, 0.15) is 86.0 Å². The number of allylic oxidation sites excluding steroid dienone is 2. The second-order valence-electron chi connectivity index (χ2n) is 13.7. The average Bonchev–Trinajstić information content (AvgIpc) is 3.01. The number of halogens is 3. The molecule has 0 N–H and O–H groups in total. The summed E-state index contributed by atoms with van der Waals surface area (Å²) in [5, 5.41) is 0.174. The fraction of sp³-hybridized carbons (Fsp3) is 0.923. The third kappa shape index (κ3) is 4.75. The van der Waals surface area contributed by atoms with Crippen molar-refractivity contribution in [3.05, 3.63) is 11.8 Å². The van der Waals surface area contributed by atoms with Crippen LogP contribution in [0, 0.1) is 35.0 Å². The van der Waals surface area contributed by atoms with Crippen LogP contribution in [0.2, 0.25) is 18.1 Å². The maximum Gasteiger partial charge on any atom is 0.534 e. The molecule has 0 spiro atoms. The molecule has 7 atom stereocenters. The van der Waals surface area contributed by atoms with E-state index in [1.807, 2.05) is 6.92 Å². The van der Waals surface area contributed by atoms with Gasteiger partial charge in [-0.25, -0.2) is 0 Å². The molecular weight excluding hydrogens is 493 g/mol. The Morgan fingerprint density at radius 1 is 0.971 bits per heavy atom. The van der Waals surface area contributed by atoms with Gasteiger partial charge in [-0.05, 0) is 112 Å². The van der Waals surface area contributed by atoms with Gasteiger partial charge in [0.2, 0.25) is 0 Å². The lowest BCUT2D eigenvalue weighted by Crippen LogP contribution is -2.54. The summed E-state index contributed by atoms with van der Waals surface area (Å²) in [5.41, 5.74) is -6.12. The van der Waals surface area contributed by atoms with Gasteiger partial charge in [0, 0.05) is 5.41 Å². The molecule has 202 valence electrons. The van der Waals surface area contributed by atoms with Crippen molar-refractivity contribution in [2.45, 2.75) is 115 Å². The summed E-state index contributed by atoms with van der Waals surface area (Å²) in [7, 11) is -7.51. The lowest BCUT2D eigenvalue weighted by atomic mass is 9.49. The Labute approximate surface area is 210 Å². The monoisotopic (exact) mass is 536 g/mol. The highest BCUT2D eigenvalue weighted by atomic mass is 32.2. The van der Waals surface area contributed by atoms with Gasteiger partial charge in [-0.2, -0.15) is 21.6 Å². The molecule has 4 rings (SSSR count). The number of alkyl halides is 3. The first-order chi connectivity index (χ1) is 15.8. The molecule has 3 saturated carbocycles. The minimum Gasteiger partial charge on any atom is -0.412 e. The zero-order chi connectivity index (χ0) is 26.2. The van der Waals surface area contributed by atoms with Crippen LogP contribution >= 0.6 is 0 Å². The molecule has 0 saturated heterocycles. The van der Waals surface area contributed by atoms with Gasteiger partial charge in [0.25, 0.3) is 0 Å². The SMILES string of the molecule is CC(C)(C)[Si](C)(C)O[C@]1(C)CC[C@H]2[C@H](CC[C@@H]3[C@@H]2CC[C@]2(C)C(OS(=O)(=O)C(F)(F)F)=CC[C@@H]32)C1. The van der Waals surface area contributed by atoms with Gasteiger partial charge in [0.05, 0.1) is 5.60 Å². The minimum absolute atomic E-state index is 0.0133. The van der Waals surface area contributed by atoms with Crippen molar-refractivity contribution >= 4 is 18.4 Å². The molecule has 0 radical (unpaired) electrons. The zero-order valence-electron chi connectivity index (χ0n) is 22.3. The molecule has 0 aromatic rings. The van der Waals surface area contributed by atoms with Crippen LogP contribution in [-0.2, 0) is 18.7 Å². The van der Waals surface area contributed by atoms with E-state index in [2.05, 4.69) is 40.8 Å². The summed E-state index contributed by atoms with van der Waals surface area (Å²) >= 11 is 0. The van der Waals surface area contributed by atoms with Crippen LogP contribution in [0.3, 0.4) is 0 Å². The van der Waals surface area contributed by atoms with E-state index in [4.69, 9.17) is 8.61 Å². The molecule has 0 unspecified atom stereocenters. The van der Waals surface area contributed by atoms with E-state index >= 15 is 0 Å². The second-order valence-corrected chi connectivity index (χ2v) is 20.0. The first-order valence-corrected chi connectivity index (χ1v) is 17.5. The van der Waals surface area contributed by atoms with Crippen molar-refractivity contribution in [2.24, 2.45) is 35.0 Å². The van der Waals surface area contributed by atoms with Gasteiger partial charge < -0.3 is 8.61 Å². The third-order valence-corrected chi connectivity index (χ3v) is 16.1. The van der Waals surface area contributed by atoms with Crippen molar-refractivity contribution in [1.82, 2.24) is 0 Å². The van der Waals surface area contributed by atoms with Crippen molar-refractivity contribution in [3.8, 4) is 0 Å². The van der Waals surface area contributed by atoms with Crippen molar-refractivity contribution in [3.63, 3.8) is 0 Å². The highest BCUT2D eigenvalue weighted by molar-refractivity contribution is 7.87. The summed E-state index contributed by atoms with van der Waals surface area (Å²) < 4.78 is 74.0. The summed E-state index contributed by atoms with van der Waals surface area (Å²) in [4.78, 5) is 0. The molecule has 9 heteroatoms. The number of fused-ring (bicyclic) bond motifs is 5. The standard InChI is InChI=1S/C26H43F3O4SSi/c1-23(2,3)35(6,7)33-24(4)14-12-18-17(16-24)8-9-20-19(18)13-15-25(5)21(20)10-11-22(25)32-34(30,31)26(27,28)29/h11,17-21H,8-10,12-16H2,1-7H3/t17-,18+,19-,20-,21+,24-,25+/m1/s1. The minimum atomic E-state index is -5.64. The molecule has 35 heavy (non-hydrogen) atoms. The molecule has 4 aliphatic rings. The number of rotatable bonds is 4. The fourth-order valence-corrected chi connectivity index (χ4v) is 10.1. The average molecular weight is 537 g/mol. The van der Waals surface area contributed by atoms with Gasteiger partial charge in [-0.15, -0.1) is 0 Å². The van der Waals surface area contributed by atoms with Crippen molar-refractivity contribution in [1.29, 1.82) is 0 Å². The molecule has 3 fully saturated rings. The van der Waals surface area contributed by atoms with Gasteiger partial charge >= 0.3 is 15.6 Å². The fourth-order valence-electron chi connectivity index (χ4n) is 7.75. The molecular formula is C26H43F3O4SSi. The number of hydrogen-bond donors (Lipinski definition) is 0. The second kappa shape index (κ2) is 8.48. The Morgan fingerprint density at radius 2 is 1.60 bits per heavy atom. The van der Waals surface area contributed by atoms with Crippen LogP contribution in [-0.4, -0.2) is 27.8 Å². The first-order valence-electron chi connectivity index (χ1n) is 13.2. The largest absolute Gasteiger partial charge is 0.534 e. The summed E-state index contributed by atoms with van der Waals surface area (Å²) in [5.74, 6) is 2.37. The van der Waals surface area contributed by atoms with E-state index in [1.54, 1.807) is 6.08 Å². The van der Waals surface area contributed by atoms with Crippen LogP contribution in [0.25, 0.3) is 0 Å². The van der Waals surface area contributed by atoms with Gasteiger partial charge in [0.1, 0.15) is 5.76 Å². The maximum absolute atomic E-state index is 13.0. The quantitative estimate of drug-likeness (QED) is 0.209. The zero-order valence-corrected chi connectivity index (χ0v) is 24.1. The van der Waals surface area contributed by atoms with E-state index in [-0.39, 0.29) is 22.3 Å². The molecule has 0 aliphatic heterocycles. The summed E-state index contributed by atoms with van der Waals surface area (Å²) in [6, 6.07) is 0. The van der Waals surface area contributed by atoms with Gasteiger partial charge in [-0.3, -0.25) is 0 Å². The predicted molar refractivity (Wildman–Crippen MR) is 133 cm³/mol. The molecule has 4 aliphatic carbocycles. The van der Waals surface area contributed by atoms with E-state index in [1.165, 1.54) is 0 Å². The van der Waals surface area contributed by atoms with Crippen molar-refractivity contribution in [2.75, 3.05) is 0 Å². The van der Waals surface area contributed by atoms with E-state index in [0.717, 1.165) is 38.5 Å². The Balaban J connectivity index is 1.46. The molecule has 0 aromatic heterocycles. The molecule has 0 aromatic carbocycles. The highest BCUT2D eigenvalue weighted by Gasteiger charge is 2.59. The lowest BCUT2D eigenvalue weighted by molar-refractivity contribution is -0.0909. The van der Waals surface area contributed by atoms with E-state index in [9.17, 15) is 21.6 Å². The topological polar surface area (TPSA) is 52.6 Å². The van der Waals surface area contributed by atoms with E-state index in [0.29, 0.717) is 36.5 Å². The Hall–Kier alpha value is -0.543. The van der Waals surface area contributed by atoms with Crippen molar-refractivity contribution < 1.29 is 30.2 Å². The van der Waals surface area contributed by atoms with E-state index < -0.39 is 29.4 Å². The Kier molecular flexibility index (Phi) is 6.66. The molecule has 0 bridgehead atoms. The van der Waals surface area contributed by atoms with Crippen LogP contribution in [0.4, 0.5) is 13.2 Å². The maximum atomic E-state index is 13.0. The normalized spacial score (nSPS) is 40.4. The first kappa shape index (κ1) is 27.5. The molecule has 4 nitrogen and oxygen atoms in total. The highest BCUT2D eigenvalue weighted by Crippen LogP contribution is 2.64. The van der Waals surface area contributed by atoms with Crippen LogP contribution in [0.5, 0.6) is 0 Å².